The van der Waals surface area contributed by atoms with Crippen LogP contribution in [-0.2, 0) is 26.0 Å². The summed E-state index contributed by atoms with van der Waals surface area (Å²) in [5, 5.41) is 14.0. The van der Waals surface area contributed by atoms with Gasteiger partial charge in [0, 0.05) is 24.7 Å². The standard InChI is InChI=1S/C24H32N4O6S/c1-17(2)25-24(30)19(4)26(14-13-20-9-7-6-8-10-20)23(29)16-27(35(5,33)34)22-15-21(28(31)32)12-11-18(22)3/h6-12,15,17,19H,13-14,16H2,1-5H3,(H,25,30)/t19-/m1/s1. The van der Waals surface area contributed by atoms with Crippen LogP contribution in [0.25, 0.3) is 0 Å². The molecule has 0 aliphatic carbocycles. The third-order valence-corrected chi connectivity index (χ3v) is 6.56. The molecule has 11 heteroatoms. The number of nitrogens with one attached hydrogen (secondary N) is 1. The molecule has 35 heavy (non-hydrogen) atoms. The van der Waals surface area contributed by atoms with Crippen molar-refractivity contribution in [2.45, 2.75) is 46.2 Å². The summed E-state index contributed by atoms with van der Waals surface area (Å²) < 4.78 is 26.2. The van der Waals surface area contributed by atoms with Gasteiger partial charge in [0.05, 0.1) is 16.9 Å². The number of anilines is 1. The van der Waals surface area contributed by atoms with Crippen molar-refractivity contribution in [3.05, 3.63) is 69.8 Å². The molecule has 0 unspecified atom stereocenters. The number of non-ortho nitro benzene ring substituents is 1. The van der Waals surface area contributed by atoms with Crippen LogP contribution in [-0.4, -0.2) is 61.5 Å². The lowest BCUT2D eigenvalue weighted by molar-refractivity contribution is -0.384. The van der Waals surface area contributed by atoms with Crippen LogP contribution in [0.3, 0.4) is 0 Å². The third-order valence-electron chi connectivity index (χ3n) is 5.43. The Morgan fingerprint density at radius 2 is 1.71 bits per heavy atom. The summed E-state index contributed by atoms with van der Waals surface area (Å²) in [7, 11) is -3.98. The van der Waals surface area contributed by atoms with E-state index in [1.54, 1.807) is 27.7 Å². The van der Waals surface area contributed by atoms with Crippen molar-refractivity contribution < 1.29 is 22.9 Å². The Hall–Kier alpha value is -3.47. The van der Waals surface area contributed by atoms with E-state index in [1.807, 2.05) is 30.3 Å². The Bertz CT molecular complexity index is 1170. The Labute approximate surface area is 206 Å². The Balaban J connectivity index is 2.40. The molecule has 0 aromatic heterocycles. The van der Waals surface area contributed by atoms with Crippen LogP contribution in [0.2, 0.25) is 0 Å². The number of aryl methyl sites for hydroxylation is 1. The predicted octanol–water partition coefficient (Wildman–Crippen LogP) is 2.65. The van der Waals surface area contributed by atoms with E-state index in [2.05, 4.69) is 5.32 Å². The molecule has 0 radical (unpaired) electrons. The van der Waals surface area contributed by atoms with E-state index in [0.717, 1.165) is 22.2 Å². The van der Waals surface area contributed by atoms with Crippen LogP contribution < -0.4 is 9.62 Å². The Kier molecular flexibility index (Phi) is 9.35. The second-order valence-corrected chi connectivity index (χ2v) is 10.6. The van der Waals surface area contributed by atoms with Crippen molar-refractivity contribution in [1.82, 2.24) is 10.2 Å². The van der Waals surface area contributed by atoms with Gasteiger partial charge in [-0.05, 0) is 45.2 Å². The van der Waals surface area contributed by atoms with Gasteiger partial charge in [-0.1, -0.05) is 36.4 Å². The summed E-state index contributed by atoms with van der Waals surface area (Å²) in [4.78, 5) is 38.2. The normalized spacial score (nSPS) is 12.2. The fraction of sp³-hybridized carbons (Fsp3) is 0.417. The molecule has 0 fully saturated rings. The molecule has 0 spiro atoms. The van der Waals surface area contributed by atoms with Gasteiger partial charge in [-0.15, -0.1) is 0 Å². The Morgan fingerprint density at radius 3 is 2.26 bits per heavy atom. The molecule has 0 aliphatic heterocycles. The molecule has 2 rings (SSSR count). The molecule has 10 nitrogen and oxygen atoms in total. The van der Waals surface area contributed by atoms with Crippen LogP contribution in [0.15, 0.2) is 48.5 Å². The molecule has 0 aliphatic rings. The summed E-state index contributed by atoms with van der Waals surface area (Å²) in [6, 6.07) is 12.2. The van der Waals surface area contributed by atoms with E-state index >= 15 is 0 Å². The average Bonchev–Trinajstić information content (AvgIpc) is 2.77. The summed E-state index contributed by atoms with van der Waals surface area (Å²) >= 11 is 0. The van der Waals surface area contributed by atoms with Gasteiger partial charge in [0.1, 0.15) is 12.6 Å². The maximum atomic E-state index is 13.5. The minimum atomic E-state index is -3.98. The maximum absolute atomic E-state index is 13.5. The lowest BCUT2D eigenvalue weighted by atomic mass is 10.1. The number of nitro groups is 1. The van der Waals surface area contributed by atoms with E-state index in [1.165, 1.54) is 17.0 Å². The number of nitro benzene ring substituents is 1. The number of nitrogens with zero attached hydrogens (tertiary/aromatic N) is 3. The lowest BCUT2D eigenvalue weighted by Gasteiger charge is -2.32. The highest BCUT2D eigenvalue weighted by Gasteiger charge is 2.31. The third kappa shape index (κ3) is 7.78. The second kappa shape index (κ2) is 11.8. The molecule has 0 heterocycles. The second-order valence-electron chi connectivity index (χ2n) is 8.66. The first-order chi connectivity index (χ1) is 16.3. The minimum Gasteiger partial charge on any atom is -0.352 e. The Morgan fingerprint density at radius 1 is 1.09 bits per heavy atom. The number of benzene rings is 2. The van der Waals surface area contributed by atoms with Gasteiger partial charge in [-0.2, -0.15) is 0 Å². The first-order valence-corrected chi connectivity index (χ1v) is 13.0. The zero-order chi connectivity index (χ0) is 26.3. The van der Waals surface area contributed by atoms with Gasteiger partial charge in [0.15, 0.2) is 0 Å². The van der Waals surface area contributed by atoms with Gasteiger partial charge in [-0.25, -0.2) is 8.42 Å². The van der Waals surface area contributed by atoms with E-state index in [4.69, 9.17) is 0 Å². The number of amides is 2. The zero-order valence-electron chi connectivity index (χ0n) is 20.6. The fourth-order valence-corrected chi connectivity index (χ4v) is 4.45. The van der Waals surface area contributed by atoms with Crippen molar-refractivity contribution in [3.8, 4) is 0 Å². The number of sulfonamides is 1. The molecule has 0 saturated carbocycles. The van der Waals surface area contributed by atoms with Crippen molar-refractivity contribution in [2.24, 2.45) is 0 Å². The highest BCUT2D eigenvalue weighted by atomic mass is 32.2. The highest BCUT2D eigenvalue weighted by molar-refractivity contribution is 7.92. The van der Waals surface area contributed by atoms with E-state index in [0.29, 0.717) is 12.0 Å². The van der Waals surface area contributed by atoms with E-state index < -0.39 is 33.4 Å². The van der Waals surface area contributed by atoms with Gasteiger partial charge in [0.25, 0.3) is 5.69 Å². The SMILES string of the molecule is Cc1ccc([N+](=O)[O-])cc1N(CC(=O)N(CCc1ccccc1)[C@H](C)C(=O)NC(C)C)S(C)(=O)=O. The predicted molar refractivity (Wildman–Crippen MR) is 135 cm³/mol. The van der Waals surface area contributed by atoms with Gasteiger partial charge in [0.2, 0.25) is 21.8 Å². The van der Waals surface area contributed by atoms with Crippen LogP contribution >= 0.6 is 0 Å². The number of hydrogen-bond donors (Lipinski definition) is 1. The topological polar surface area (TPSA) is 130 Å². The first kappa shape index (κ1) is 27.8. The van der Waals surface area contributed by atoms with Crippen molar-refractivity contribution >= 4 is 33.2 Å². The fourth-order valence-electron chi connectivity index (χ4n) is 3.55. The monoisotopic (exact) mass is 504 g/mol. The zero-order valence-corrected chi connectivity index (χ0v) is 21.4. The van der Waals surface area contributed by atoms with Crippen LogP contribution in [0.4, 0.5) is 11.4 Å². The van der Waals surface area contributed by atoms with Crippen molar-refractivity contribution in [2.75, 3.05) is 23.7 Å². The number of hydrogen-bond acceptors (Lipinski definition) is 6. The van der Waals surface area contributed by atoms with Crippen LogP contribution in [0, 0.1) is 17.0 Å². The summed E-state index contributed by atoms with van der Waals surface area (Å²) in [5.74, 6) is -0.956. The lowest BCUT2D eigenvalue weighted by Crippen LogP contribution is -2.53. The molecular weight excluding hydrogens is 472 g/mol. The largest absolute Gasteiger partial charge is 0.352 e. The van der Waals surface area contributed by atoms with Gasteiger partial charge < -0.3 is 10.2 Å². The van der Waals surface area contributed by atoms with Gasteiger partial charge in [-0.3, -0.25) is 24.0 Å². The molecular formula is C24H32N4O6S. The molecule has 1 atom stereocenters. The molecule has 2 aromatic rings. The quantitative estimate of drug-likeness (QED) is 0.370. The van der Waals surface area contributed by atoms with E-state index in [9.17, 15) is 28.1 Å². The molecule has 190 valence electrons. The summed E-state index contributed by atoms with van der Waals surface area (Å²) in [6.45, 7) is 6.38. The minimum absolute atomic E-state index is 0.0392. The molecule has 0 bridgehead atoms. The molecule has 2 amide bonds. The van der Waals surface area contributed by atoms with Crippen LogP contribution in [0.1, 0.15) is 31.9 Å². The highest BCUT2D eigenvalue weighted by Crippen LogP contribution is 2.27. The summed E-state index contributed by atoms with van der Waals surface area (Å²) in [5.41, 5.74) is 1.15. The maximum Gasteiger partial charge on any atom is 0.271 e. The van der Waals surface area contributed by atoms with Crippen molar-refractivity contribution in [3.63, 3.8) is 0 Å². The number of rotatable bonds is 11. The summed E-state index contributed by atoms with van der Waals surface area (Å²) in [6.07, 6.45) is 1.39. The molecule has 2 aromatic carbocycles. The van der Waals surface area contributed by atoms with E-state index in [-0.39, 0.29) is 29.9 Å². The molecule has 0 saturated heterocycles. The van der Waals surface area contributed by atoms with Gasteiger partial charge >= 0.3 is 0 Å². The number of carbonyl (C=O) groups excluding carboxylic acids is 2. The smallest absolute Gasteiger partial charge is 0.271 e. The van der Waals surface area contributed by atoms with Crippen LogP contribution in [0.5, 0.6) is 0 Å². The average molecular weight is 505 g/mol. The number of carbonyl (C=O) groups is 2. The van der Waals surface area contributed by atoms with Crippen molar-refractivity contribution in [1.29, 1.82) is 0 Å². The molecule has 1 N–H and O–H groups in total. The first-order valence-electron chi connectivity index (χ1n) is 11.2.